The molecule has 37 heavy (non-hydrogen) atoms. The first kappa shape index (κ1) is 28.8. The van der Waals surface area contributed by atoms with Gasteiger partial charge in [-0.15, -0.1) is 29.9 Å². The van der Waals surface area contributed by atoms with Gasteiger partial charge in [0.25, 0.3) is 0 Å². The zero-order valence-electron chi connectivity index (χ0n) is 19.8. The lowest BCUT2D eigenvalue weighted by Gasteiger charge is -2.33. The summed E-state index contributed by atoms with van der Waals surface area (Å²) in [5.41, 5.74) is 3.10. The molecule has 1 aliphatic heterocycles. The highest BCUT2D eigenvalue weighted by atomic mass is 35.5. The summed E-state index contributed by atoms with van der Waals surface area (Å²) in [6.45, 7) is 0.399. The van der Waals surface area contributed by atoms with Crippen molar-refractivity contribution in [2.45, 2.75) is 43.0 Å². The molecular weight excluding hydrogens is 541 g/mol. The molecule has 1 saturated carbocycles. The van der Waals surface area contributed by atoms with E-state index in [-0.39, 0.29) is 48.6 Å². The third-order valence-corrected chi connectivity index (χ3v) is 7.16. The van der Waals surface area contributed by atoms with Gasteiger partial charge < -0.3 is 25.8 Å². The van der Waals surface area contributed by atoms with Crippen molar-refractivity contribution >= 4 is 70.8 Å². The van der Waals surface area contributed by atoms with E-state index in [2.05, 4.69) is 36.1 Å². The van der Waals surface area contributed by atoms with Crippen LogP contribution in [0.4, 0.5) is 11.4 Å². The van der Waals surface area contributed by atoms with Crippen LogP contribution in [-0.4, -0.2) is 62.1 Å². The topological polar surface area (TPSA) is 151 Å². The Hall–Kier alpha value is -2.77. The van der Waals surface area contributed by atoms with Crippen LogP contribution in [-0.2, 0) is 16.1 Å². The molecule has 4 heterocycles. The molecule has 3 aromatic rings. The fraction of sp³-hybridized carbons (Fsp3) is 0.391. The Morgan fingerprint density at radius 3 is 2.86 bits per heavy atom. The van der Waals surface area contributed by atoms with Gasteiger partial charge in [-0.05, 0) is 37.5 Å². The average Bonchev–Trinajstić information content (AvgIpc) is 2.87. The van der Waals surface area contributed by atoms with E-state index < -0.39 is 6.10 Å². The monoisotopic (exact) mass is 567 g/mol. The lowest BCUT2D eigenvalue weighted by molar-refractivity contribution is -0.122. The molecule has 11 nitrogen and oxygen atoms in total. The van der Waals surface area contributed by atoms with Gasteiger partial charge in [0, 0.05) is 30.8 Å². The molecule has 3 atom stereocenters. The normalized spacial score (nSPS) is 20.6. The number of nitrogens with zero attached hydrogens (tertiary/aromatic N) is 4. The van der Waals surface area contributed by atoms with E-state index in [0.29, 0.717) is 70.6 Å². The van der Waals surface area contributed by atoms with Gasteiger partial charge in [-0.1, -0.05) is 11.8 Å². The second-order valence-electron chi connectivity index (χ2n) is 8.53. The number of aliphatic hydroxyl groups excluding tert-OH is 1. The number of hydrogen-bond donors (Lipinski definition) is 4. The van der Waals surface area contributed by atoms with Crippen molar-refractivity contribution in [3.05, 3.63) is 36.2 Å². The van der Waals surface area contributed by atoms with E-state index in [1.807, 2.05) is 0 Å². The summed E-state index contributed by atoms with van der Waals surface area (Å²) in [5, 5.41) is 28.9. The number of carbonyl (C=O) groups is 2. The summed E-state index contributed by atoms with van der Waals surface area (Å²) in [6.07, 6.45) is 2.53. The lowest BCUT2D eigenvalue weighted by atomic mass is 9.83. The van der Waals surface area contributed by atoms with Crippen LogP contribution >= 0.6 is 36.6 Å². The first-order chi connectivity index (χ1) is 17.0. The Balaban J connectivity index is 0.00000190. The van der Waals surface area contributed by atoms with Gasteiger partial charge in [0.1, 0.15) is 10.5 Å². The molecule has 198 valence electrons. The lowest BCUT2D eigenvalue weighted by Crippen LogP contribution is -2.46. The van der Waals surface area contributed by atoms with Crippen LogP contribution in [0.1, 0.15) is 25.0 Å². The predicted octanol–water partition coefficient (Wildman–Crippen LogP) is 2.57. The number of halogens is 2. The molecule has 0 aromatic carbocycles. The number of rotatable bonds is 6. The van der Waals surface area contributed by atoms with Crippen LogP contribution in [0.3, 0.4) is 0 Å². The van der Waals surface area contributed by atoms with Crippen LogP contribution in [0.25, 0.3) is 11.0 Å². The van der Waals surface area contributed by atoms with Crippen molar-refractivity contribution in [2.75, 3.05) is 23.5 Å². The van der Waals surface area contributed by atoms with E-state index >= 15 is 0 Å². The Labute approximate surface area is 229 Å². The number of fused-ring (bicyclic) bond motifs is 2. The van der Waals surface area contributed by atoms with Gasteiger partial charge >= 0.3 is 0 Å². The van der Waals surface area contributed by atoms with E-state index in [9.17, 15) is 14.7 Å². The second-order valence-corrected chi connectivity index (χ2v) is 9.49. The van der Waals surface area contributed by atoms with Crippen LogP contribution in [0, 0.1) is 5.92 Å². The minimum absolute atomic E-state index is 0. The first-order valence-corrected chi connectivity index (χ1v) is 12.3. The number of aromatic nitrogens is 4. The Kier molecular flexibility index (Phi) is 9.85. The van der Waals surface area contributed by atoms with Crippen LogP contribution in [0.15, 0.2) is 35.5 Å². The predicted molar refractivity (Wildman–Crippen MR) is 145 cm³/mol. The van der Waals surface area contributed by atoms with Gasteiger partial charge in [0.15, 0.2) is 0 Å². The van der Waals surface area contributed by atoms with Crippen molar-refractivity contribution in [1.82, 2.24) is 25.5 Å². The number of methoxy groups -OCH3 is 1. The summed E-state index contributed by atoms with van der Waals surface area (Å²) < 4.78 is 5.19. The highest BCUT2D eigenvalue weighted by Crippen LogP contribution is 2.30. The maximum atomic E-state index is 13.0. The molecule has 0 saturated heterocycles. The summed E-state index contributed by atoms with van der Waals surface area (Å²) in [5.74, 6) is 0.231. The molecule has 2 aliphatic rings. The van der Waals surface area contributed by atoms with Crippen molar-refractivity contribution in [2.24, 2.45) is 5.92 Å². The van der Waals surface area contributed by atoms with E-state index in [1.165, 1.54) is 18.9 Å². The Morgan fingerprint density at radius 2 is 2.08 bits per heavy atom. The van der Waals surface area contributed by atoms with Crippen LogP contribution in [0.5, 0.6) is 5.88 Å². The fourth-order valence-electron chi connectivity index (χ4n) is 4.34. The maximum absolute atomic E-state index is 13.0. The highest BCUT2D eigenvalue weighted by Gasteiger charge is 2.33. The Morgan fingerprint density at radius 1 is 1.24 bits per heavy atom. The highest BCUT2D eigenvalue weighted by molar-refractivity contribution is 8.00. The molecule has 0 unspecified atom stereocenters. The largest absolute Gasteiger partial charge is 0.481 e. The van der Waals surface area contributed by atoms with Gasteiger partial charge in [-0.25, -0.2) is 4.98 Å². The van der Waals surface area contributed by atoms with Crippen molar-refractivity contribution < 1.29 is 19.4 Å². The minimum Gasteiger partial charge on any atom is -0.481 e. The molecule has 0 bridgehead atoms. The zero-order valence-corrected chi connectivity index (χ0v) is 22.3. The molecule has 1 aliphatic carbocycles. The Bertz CT molecular complexity index is 1290. The summed E-state index contributed by atoms with van der Waals surface area (Å²) in [6, 6.07) is 6.84. The smallest absolute Gasteiger partial charge is 0.234 e. The number of amides is 2. The second kappa shape index (κ2) is 12.7. The number of aliphatic hydroxyl groups is 1. The van der Waals surface area contributed by atoms with Crippen LogP contribution in [0.2, 0.25) is 0 Å². The van der Waals surface area contributed by atoms with E-state index in [4.69, 9.17) is 4.74 Å². The SMILES string of the molecule is COc1ccc2nccc(NC(=O)[C@@H]3CC[C@@H](NCc4cc5c(nn4)SCC(=O)N5)[C@H](O)C3)c2n1.Cl.Cl. The van der Waals surface area contributed by atoms with Gasteiger partial charge in [-0.2, -0.15) is 5.10 Å². The number of hydrogen-bond acceptors (Lipinski definition) is 10. The zero-order chi connectivity index (χ0) is 24.4. The average molecular weight is 568 g/mol. The van der Waals surface area contributed by atoms with Gasteiger partial charge in [-0.3, -0.25) is 14.6 Å². The van der Waals surface area contributed by atoms with Gasteiger partial charge in [0.05, 0.1) is 41.6 Å². The maximum Gasteiger partial charge on any atom is 0.234 e. The minimum atomic E-state index is -0.687. The number of nitrogens with one attached hydrogen (secondary N) is 3. The molecule has 4 N–H and O–H groups in total. The molecule has 3 aromatic heterocycles. The summed E-state index contributed by atoms with van der Waals surface area (Å²) >= 11 is 1.36. The molecule has 5 rings (SSSR count). The first-order valence-electron chi connectivity index (χ1n) is 11.3. The number of pyridine rings is 2. The van der Waals surface area contributed by atoms with Crippen molar-refractivity contribution in [1.29, 1.82) is 0 Å². The molecule has 14 heteroatoms. The van der Waals surface area contributed by atoms with E-state index in [1.54, 1.807) is 30.5 Å². The number of anilines is 2. The third-order valence-electron chi connectivity index (χ3n) is 6.18. The summed E-state index contributed by atoms with van der Waals surface area (Å²) in [4.78, 5) is 33.3. The molecule has 0 radical (unpaired) electrons. The summed E-state index contributed by atoms with van der Waals surface area (Å²) in [7, 11) is 1.53. The van der Waals surface area contributed by atoms with Crippen molar-refractivity contribution in [3.8, 4) is 5.88 Å². The fourth-order valence-corrected chi connectivity index (χ4v) is 5.04. The molecular formula is C23H27Cl2N7O4S. The molecule has 1 fully saturated rings. The van der Waals surface area contributed by atoms with Crippen LogP contribution < -0.4 is 20.7 Å². The number of carbonyl (C=O) groups excluding carboxylic acids is 2. The standard InChI is InChI=1S/C23H25N7O4S.2ClH/c1-34-20-5-4-15-21(28-20)16(6-7-24-15)27-22(33)12-2-3-14(18(31)8-12)25-10-13-9-17-23(30-29-13)35-11-19(32)26-17;;/h4-7,9,12,14,18,25,31H,2-3,8,10-11H2,1H3,(H,26,32)(H,24,27,33);2*1H/t12-,14-,18-;;/m1../s1. The third kappa shape index (κ3) is 6.57. The van der Waals surface area contributed by atoms with Crippen molar-refractivity contribution in [3.63, 3.8) is 0 Å². The number of ether oxygens (including phenoxy) is 1. The number of thioether (sulfide) groups is 1. The van der Waals surface area contributed by atoms with E-state index in [0.717, 1.165) is 0 Å². The molecule has 0 spiro atoms. The molecule has 2 amide bonds. The van der Waals surface area contributed by atoms with Gasteiger partial charge in [0.2, 0.25) is 17.7 Å². The quantitative estimate of drug-likeness (QED) is 0.349.